The number of carbonyl (C=O) groups is 1. The number of carboxylic acids is 1. The molecule has 5 heteroatoms. The van der Waals surface area contributed by atoms with Gasteiger partial charge in [-0.15, -0.1) is 0 Å². The number of carboxylic acid groups (broad SMARTS) is 1. The average Bonchev–Trinajstić information content (AvgIpc) is 2.58. The van der Waals surface area contributed by atoms with Crippen LogP contribution in [0.3, 0.4) is 0 Å². The van der Waals surface area contributed by atoms with Gasteiger partial charge in [0.25, 0.3) is 0 Å². The Morgan fingerprint density at radius 1 is 1.59 bits per heavy atom. The maximum absolute atomic E-state index is 11.0. The van der Waals surface area contributed by atoms with Crippen molar-refractivity contribution in [2.75, 3.05) is 0 Å². The number of nitrogens with one attached hydrogen (secondary N) is 1. The number of aromatic nitrogens is 2. The van der Waals surface area contributed by atoms with Crippen LogP contribution in [-0.2, 0) is 17.9 Å². The molecule has 0 fully saturated rings. The second kappa shape index (κ2) is 5.82. The summed E-state index contributed by atoms with van der Waals surface area (Å²) in [6.07, 6.45) is 0. The highest BCUT2D eigenvalue weighted by atomic mass is 16.4. The lowest BCUT2D eigenvalue weighted by molar-refractivity contribution is -0.140. The third-order valence-corrected chi connectivity index (χ3v) is 2.72. The van der Waals surface area contributed by atoms with Crippen molar-refractivity contribution in [3.8, 4) is 0 Å². The largest absolute Gasteiger partial charge is 0.480 e. The van der Waals surface area contributed by atoms with Gasteiger partial charge in [-0.1, -0.05) is 13.8 Å². The van der Waals surface area contributed by atoms with Crippen LogP contribution in [0.1, 0.15) is 32.2 Å². The summed E-state index contributed by atoms with van der Waals surface area (Å²) in [5, 5.41) is 16.5. The third kappa shape index (κ3) is 3.56. The molecule has 0 amide bonds. The Morgan fingerprint density at radius 2 is 2.24 bits per heavy atom. The van der Waals surface area contributed by atoms with E-state index in [0.717, 1.165) is 17.9 Å². The van der Waals surface area contributed by atoms with Crippen molar-refractivity contribution in [1.82, 2.24) is 15.1 Å². The SMILES string of the molecule is CCn1nc(C)cc1CNC(C(=O)O)C(C)C. The summed E-state index contributed by atoms with van der Waals surface area (Å²) in [5.41, 5.74) is 1.98. The van der Waals surface area contributed by atoms with Crippen molar-refractivity contribution in [3.05, 3.63) is 17.5 Å². The topological polar surface area (TPSA) is 67.2 Å². The van der Waals surface area contributed by atoms with Crippen LogP contribution in [0.25, 0.3) is 0 Å². The van der Waals surface area contributed by atoms with Gasteiger partial charge in [-0.3, -0.25) is 14.8 Å². The lowest BCUT2D eigenvalue weighted by Crippen LogP contribution is -2.40. The van der Waals surface area contributed by atoms with E-state index in [1.54, 1.807) is 0 Å². The molecule has 0 aliphatic heterocycles. The molecule has 1 unspecified atom stereocenters. The molecule has 0 radical (unpaired) electrons. The fourth-order valence-electron chi connectivity index (χ4n) is 1.84. The summed E-state index contributed by atoms with van der Waals surface area (Å²) in [7, 11) is 0. The van der Waals surface area contributed by atoms with Crippen molar-refractivity contribution < 1.29 is 9.90 Å². The van der Waals surface area contributed by atoms with Crippen molar-refractivity contribution in [3.63, 3.8) is 0 Å². The fraction of sp³-hybridized carbons (Fsp3) is 0.667. The first-order chi connectivity index (χ1) is 7.95. The van der Waals surface area contributed by atoms with E-state index in [1.807, 2.05) is 38.4 Å². The minimum absolute atomic E-state index is 0.0617. The fourth-order valence-corrected chi connectivity index (χ4v) is 1.84. The van der Waals surface area contributed by atoms with E-state index in [0.29, 0.717) is 6.54 Å². The molecule has 2 N–H and O–H groups in total. The first-order valence-electron chi connectivity index (χ1n) is 5.95. The molecule has 17 heavy (non-hydrogen) atoms. The van der Waals surface area contributed by atoms with E-state index in [-0.39, 0.29) is 5.92 Å². The predicted octanol–water partition coefficient (Wildman–Crippen LogP) is 1.41. The highest BCUT2D eigenvalue weighted by Gasteiger charge is 2.21. The van der Waals surface area contributed by atoms with Gasteiger partial charge < -0.3 is 5.11 Å². The van der Waals surface area contributed by atoms with Crippen LogP contribution in [0.15, 0.2) is 6.07 Å². The first-order valence-corrected chi connectivity index (χ1v) is 5.95. The highest BCUT2D eigenvalue weighted by Crippen LogP contribution is 2.07. The molecule has 0 spiro atoms. The van der Waals surface area contributed by atoms with Crippen LogP contribution in [-0.4, -0.2) is 26.9 Å². The Kier molecular flexibility index (Phi) is 4.69. The molecule has 0 saturated carbocycles. The van der Waals surface area contributed by atoms with Gasteiger partial charge in [0.1, 0.15) is 6.04 Å². The number of hydrogen-bond donors (Lipinski definition) is 2. The average molecular weight is 239 g/mol. The zero-order valence-corrected chi connectivity index (χ0v) is 10.9. The lowest BCUT2D eigenvalue weighted by atomic mass is 10.0. The number of rotatable bonds is 6. The van der Waals surface area contributed by atoms with Gasteiger partial charge in [0.2, 0.25) is 0 Å². The van der Waals surface area contributed by atoms with Gasteiger partial charge in [0.15, 0.2) is 0 Å². The quantitative estimate of drug-likeness (QED) is 0.787. The van der Waals surface area contributed by atoms with Crippen molar-refractivity contribution in [1.29, 1.82) is 0 Å². The monoisotopic (exact) mass is 239 g/mol. The minimum Gasteiger partial charge on any atom is -0.480 e. The molecular formula is C12H21N3O2. The zero-order valence-electron chi connectivity index (χ0n) is 10.9. The van der Waals surface area contributed by atoms with Crippen LogP contribution in [0, 0.1) is 12.8 Å². The summed E-state index contributed by atoms with van der Waals surface area (Å²) in [4.78, 5) is 11.0. The Hall–Kier alpha value is -1.36. The van der Waals surface area contributed by atoms with Crippen LogP contribution < -0.4 is 5.32 Å². The molecule has 0 aliphatic carbocycles. The molecule has 0 aromatic carbocycles. The Balaban J connectivity index is 2.68. The first kappa shape index (κ1) is 13.7. The summed E-state index contributed by atoms with van der Waals surface area (Å²) in [6.45, 7) is 9.08. The van der Waals surface area contributed by atoms with Crippen molar-refractivity contribution in [2.45, 2.75) is 46.8 Å². The van der Waals surface area contributed by atoms with E-state index < -0.39 is 12.0 Å². The van der Waals surface area contributed by atoms with Crippen LogP contribution in [0.2, 0.25) is 0 Å². The number of aliphatic carboxylic acids is 1. The maximum atomic E-state index is 11.0. The Labute approximate surface area is 102 Å². The Bertz CT molecular complexity index is 385. The zero-order chi connectivity index (χ0) is 13.0. The summed E-state index contributed by atoms with van der Waals surface area (Å²) >= 11 is 0. The number of hydrogen-bond acceptors (Lipinski definition) is 3. The molecular weight excluding hydrogens is 218 g/mol. The highest BCUT2D eigenvalue weighted by molar-refractivity contribution is 5.73. The van der Waals surface area contributed by atoms with Gasteiger partial charge >= 0.3 is 5.97 Å². The van der Waals surface area contributed by atoms with Gasteiger partial charge in [0.05, 0.1) is 11.4 Å². The molecule has 96 valence electrons. The smallest absolute Gasteiger partial charge is 0.320 e. The molecule has 1 aromatic rings. The summed E-state index contributed by atoms with van der Waals surface area (Å²) in [6, 6.07) is 1.46. The predicted molar refractivity (Wildman–Crippen MR) is 65.7 cm³/mol. The maximum Gasteiger partial charge on any atom is 0.320 e. The second-order valence-corrected chi connectivity index (χ2v) is 4.53. The standard InChI is InChI=1S/C12H21N3O2/c1-5-15-10(6-9(4)14-15)7-13-11(8(2)3)12(16)17/h6,8,11,13H,5,7H2,1-4H3,(H,16,17). The lowest BCUT2D eigenvalue weighted by Gasteiger charge is -2.18. The molecule has 1 rings (SSSR count). The van der Waals surface area contributed by atoms with E-state index in [1.165, 1.54) is 0 Å². The van der Waals surface area contributed by atoms with Crippen LogP contribution in [0.4, 0.5) is 0 Å². The minimum atomic E-state index is -0.806. The van der Waals surface area contributed by atoms with E-state index in [4.69, 9.17) is 5.11 Å². The molecule has 0 saturated heterocycles. The number of aryl methyl sites for hydroxylation is 2. The van der Waals surface area contributed by atoms with E-state index >= 15 is 0 Å². The van der Waals surface area contributed by atoms with Crippen LogP contribution >= 0.6 is 0 Å². The van der Waals surface area contributed by atoms with Crippen molar-refractivity contribution in [2.24, 2.45) is 5.92 Å². The van der Waals surface area contributed by atoms with Crippen LogP contribution in [0.5, 0.6) is 0 Å². The van der Waals surface area contributed by atoms with Crippen molar-refractivity contribution >= 4 is 5.97 Å². The summed E-state index contributed by atoms with van der Waals surface area (Å²) in [5.74, 6) is -0.745. The molecule has 1 aromatic heterocycles. The molecule has 5 nitrogen and oxygen atoms in total. The normalized spacial score (nSPS) is 13.0. The van der Waals surface area contributed by atoms with Gasteiger partial charge in [-0.2, -0.15) is 5.10 Å². The molecule has 0 aliphatic rings. The Morgan fingerprint density at radius 3 is 2.71 bits per heavy atom. The molecule has 0 bridgehead atoms. The van der Waals surface area contributed by atoms with E-state index in [9.17, 15) is 4.79 Å². The molecule has 1 atom stereocenters. The third-order valence-electron chi connectivity index (χ3n) is 2.72. The second-order valence-electron chi connectivity index (χ2n) is 4.53. The van der Waals surface area contributed by atoms with E-state index in [2.05, 4.69) is 10.4 Å². The number of nitrogens with zero attached hydrogens (tertiary/aromatic N) is 2. The van der Waals surface area contributed by atoms with Gasteiger partial charge in [0, 0.05) is 13.1 Å². The summed E-state index contributed by atoms with van der Waals surface area (Å²) < 4.78 is 1.89. The van der Waals surface area contributed by atoms with Gasteiger partial charge in [-0.25, -0.2) is 0 Å². The van der Waals surface area contributed by atoms with Gasteiger partial charge in [-0.05, 0) is 25.8 Å². The molecule has 1 heterocycles.